The topological polar surface area (TPSA) is 52.6 Å². The quantitative estimate of drug-likeness (QED) is 0.0319. The van der Waals surface area contributed by atoms with Gasteiger partial charge in [0.25, 0.3) is 0 Å². The Balaban J connectivity index is 3.62. The highest BCUT2D eigenvalue weighted by Crippen LogP contribution is 2.12. The third-order valence-corrected chi connectivity index (χ3v) is 7.92. The van der Waals surface area contributed by atoms with E-state index in [1.165, 1.54) is 70.6 Å². The Labute approximate surface area is 277 Å². The number of esters is 2. The highest BCUT2D eigenvalue weighted by Gasteiger charge is 2.16. The molecule has 44 heavy (non-hydrogen) atoms. The van der Waals surface area contributed by atoms with E-state index >= 15 is 0 Å². The first-order valence-corrected chi connectivity index (χ1v) is 18.7. The molecule has 5 heteroatoms. The van der Waals surface area contributed by atoms with Crippen molar-refractivity contribution in [1.82, 2.24) is 0 Å². The summed E-state index contributed by atoms with van der Waals surface area (Å²) in [5.41, 5.74) is 0. The van der Waals surface area contributed by atoms with Gasteiger partial charge in [-0.05, 0) is 70.6 Å². The van der Waals surface area contributed by atoms with Crippen molar-refractivity contribution in [3.63, 3.8) is 0 Å². The van der Waals surface area contributed by atoms with E-state index in [1.54, 1.807) is 0 Å². The Bertz CT molecular complexity index is 755. The second-order valence-electron chi connectivity index (χ2n) is 11.9. The molecule has 1 atom stereocenters. The average Bonchev–Trinajstić information content (AvgIpc) is 3.02. The van der Waals surface area contributed by atoms with Crippen molar-refractivity contribution in [3.8, 4) is 0 Å². The molecule has 0 aromatic carbocycles. The lowest BCUT2D eigenvalue weighted by Gasteiger charge is -2.15. The lowest BCUT2D eigenvalue weighted by molar-refractivity contribution is -0.157. The third kappa shape index (κ3) is 33.1. The van der Waals surface area contributed by atoms with Gasteiger partial charge in [-0.25, -0.2) is 0 Å². The summed E-state index contributed by atoms with van der Waals surface area (Å²) in [4.78, 5) is 24.3. The number of alkyl halides is 1. The number of rotatable bonds is 32. The number of carbonyl (C=O) groups is 2. The molecule has 0 aromatic rings. The number of unbranched alkanes of at least 4 members (excludes halogenated alkanes) is 16. The maximum atomic E-state index is 12.2. The minimum atomic E-state index is -0.573. The highest BCUT2D eigenvalue weighted by molar-refractivity contribution is 6.18. The van der Waals surface area contributed by atoms with Crippen LogP contribution in [0, 0.1) is 0 Å². The summed E-state index contributed by atoms with van der Waals surface area (Å²) in [6.07, 6.45) is 43.7. The Morgan fingerprint density at radius 3 is 1.50 bits per heavy atom. The highest BCUT2D eigenvalue weighted by atomic mass is 35.5. The van der Waals surface area contributed by atoms with Gasteiger partial charge in [-0.2, -0.15) is 0 Å². The van der Waals surface area contributed by atoms with Crippen molar-refractivity contribution in [2.75, 3.05) is 12.5 Å². The van der Waals surface area contributed by atoms with E-state index in [1.807, 2.05) is 0 Å². The zero-order valence-electron chi connectivity index (χ0n) is 28.6. The molecule has 0 aliphatic rings. The molecule has 0 saturated carbocycles. The van der Waals surface area contributed by atoms with Crippen LogP contribution in [-0.4, -0.2) is 30.5 Å². The molecule has 0 aliphatic carbocycles. The molecule has 1 unspecified atom stereocenters. The van der Waals surface area contributed by atoms with Gasteiger partial charge < -0.3 is 9.47 Å². The lowest BCUT2D eigenvalue weighted by Crippen LogP contribution is -2.26. The van der Waals surface area contributed by atoms with Crippen molar-refractivity contribution < 1.29 is 19.1 Å². The molecule has 0 heterocycles. The van der Waals surface area contributed by atoms with E-state index < -0.39 is 6.10 Å². The van der Waals surface area contributed by atoms with Crippen LogP contribution < -0.4 is 0 Å². The second kappa shape index (κ2) is 35.7. The molecule has 0 bridgehead atoms. The third-order valence-electron chi connectivity index (χ3n) is 7.57. The first-order chi connectivity index (χ1) is 21.6. The molecule has 0 rings (SSSR count). The first-order valence-electron chi connectivity index (χ1n) is 18.1. The SMILES string of the molecule is CC/C=C\C/C=C\C/C=C\CCCCCCCC(=O)OC(CCl)COC(=O)CCCCCCC/C=C\CCCCCCCC. The smallest absolute Gasteiger partial charge is 0.306 e. The van der Waals surface area contributed by atoms with Crippen LogP contribution in [0.25, 0.3) is 0 Å². The molecular weight excluding hydrogens is 568 g/mol. The molecule has 0 radical (unpaired) electrons. The molecule has 254 valence electrons. The Kier molecular flexibility index (Phi) is 34.2. The van der Waals surface area contributed by atoms with E-state index in [2.05, 4.69) is 62.5 Å². The fourth-order valence-corrected chi connectivity index (χ4v) is 4.99. The minimum Gasteiger partial charge on any atom is -0.462 e. The van der Waals surface area contributed by atoms with Gasteiger partial charge in [-0.3, -0.25) is 9.59 Å². The van der Waals surface area contributed by atoms with E-state index in [0.29, 0.717) is 12.8 Å². The lowest BCUT2D eigenvalue weighted by atomic mass is 10.1. The van der Waals surface area contributed by atoms with E-state index in [4.69, 9.17) is 21.1 Å². The fraction of sp³-hybridized carbons (Fsp3) is 0.744. The van der Waals surface area contributed by atoms with Gasteiger partial charge in [0.1, 0.15) is 12.7 Å². The zero-order chi connectivity index (χ0) is 32.2. The number of halogens is 1. The predicted molar refractivity (Wildman–Crippen MR) is 190 cm³/mol. The van der Waals surface area contributed by atoms with E-state index in [9.17, 15) is 9.59 Å². The number of carbonyl (C=O) groups excluding carboxylic acids is 2. The molecule has 0 spiro atoms. The molecule has 0 aliphatic heterocycles. The van der Waals surface area contributed by atoms with Gasteiger partial charge in [0.15, 0.2) is 0 Å². The van der Waals surface area contributed by atoms with Crippen molar-refractivity contribution in [1.29, 1.82) is 0 Å². The molecular formula is C39H67ClO4. The largest absolute Gasteiger partial charge is 0.462 e. The van der Waals surface area contributed by atoms with Crippen LogP contribution >= 0.6 is 11.6 Å². The first kappa shape index (κ1) is 42.2. The van der Waals surface area contributed by atoms with Gasteiger partial charge in [0.2, 0.25) is 0 Å². The molecule has 0 saturated heterocycles. The standard InChI is InChI=1S/C39H67ClO4/c1-3-5-7-9-11-13-15-17-19-21-23-25-27-29-31-33-38(41)43-36-37(35-40)44-39(42)34-32-30-28-26-24-22-20-18-16-14-12-10-8-6-4-2/h6,8,12,14,17-20,37H,3-5,7,9-11,13,15-16,21-36H2,1-2H3/b8-6-,14-12-,19-17-,20-18-. The number of hydrogen-bond donors (Lipinski definition) is 0. The van der Waals surface area contributed by atoms with E-state index in [0.717, 1.165) is 70.6 Å². The molecule has 0 amide bonds. The summed E-state index contributed by atoms with van der Waals surface area (Å²) in [5.74, 6) is -0.365. The monoisotopic (exact) mass is 634 g/mol. The Morgan fingerprint density at radius 2 is 0.977 bits per heavy atom. The van der Waals surface area contributed by atoms with Crippen LogP contribution in [0.15, 0.2) is 48.6 Å². The Morgan fingerprint density at radius 1 is 0.545 bits per heavy atom. The average molecular weight is 635 g/mol. The molecule has 4 nitrogen and oxygen atoms in total. The van der Waals surface area contributed by atoms with Gasteiger partial charge in [0, 0.05) is 12.8 Å². The number of ether oxygens (including phenoxy) is 2. The van der Waals surface area contributed by atoms with Crippen molar-refractivity contribution in [2.45, 2.75) is 174 Å². The summed E-state index contributed by atoms with van der Waals surface area (Å²) in [5, 5.41) is 0. The number of hydrogen-bond acceptors (Lipinski definition) is 4. The summed E-state index contributed by atoms with van der Waals surface area (Å²) in [6.45, 7) is 4.45. The Hall–Kier alpha value is -1.81. The van der Waals surface area contributed by atoms with Crippen molar-refractivity contribution in [2.24, 2.45) is 0 Å². The summed E-state index contributed by atoms with van der Waals surface area (Å²) in [6, 6.07) is 0. The predicted octanol–water partition coefficient (Wildman–Crippen LogP) is 12.3. The second-order valence-corrected chi connectivity index (χ2v) is 12.2. The van der Waals surface area contributed by atoms with Crippen LogP contribution in [0.4, 0.5) is 0 Å². The number of allylic oxidation sites excluding steroid dienone is 8. The zero-order valence-corrected chi connectivity index (χ0v) is 29.3. The van der Waals surface area contributed by atoms with Crippen LogP contribution in [0.3, 0.4) is 0 Å². The normalized spacial score (nSPS) is 12.7. The van der Waals surface area contributed by atoms with E-state index in [-0.39, 0.29) is 24.4 Å². The van der Waals surface area contributed by atoms with Crippen molar-refractivity contribution in [3.05, 3.63) is 48.6 Å². The maximum Gasteiger partial charge on any atom is 0.306 e. The van der Waals surface area contributed by atoms with Gasteiger partial charge in [-0.1, -0.05) is 133 Å². The van der Waals surface area contributed by atoms with Crippen LogP contribution in [0.2, 0.25) is 0 Å². The van der Waals surface area contributed by atoms with Crippen LogP contribution in [-0.2, 0) is 19.1 Å². The van der Waals surface area contributed by atoms with Gasteiger partial charge >= 0.3 is 11.9 Å². The summed E-state index contributed by atoms with van der Waals surface area (Å²) < 4.78 is 10.8. The van der Waals surface area contributed by atoms with Gasteiger partial charge in [0.05, 0.1) is 5.88 Å². The summed E-state index contributed by atoms with van der Waals surface area (Å²) in [7, 11) is 0. The van der Waals surface area contributed by atoms with Crippen LogP contribution in [0.1, 0.15) is 168 Å². The fourth-order valence-electron chi connectivity index (χ4n) is 4.84. The minimum absolute atomic E-state index is 0.0400. The molecule has 0 aromatic heterocycles. The summed E-state index contributed by atoms with van der Waals surface area (Å²) >= 11 is 5.95. The molecule has 0 fully saturated rings. The van der Waals surface area contributed by atoms with Crippen LogP contribution in [0.5, 0.6) is 0 Å². The van der Waals surface area contributed by atoms with Gasteiger partial charge in [-0.15, -0.1) is 11.6 Å². The maximum absolute atomic E-state index is 12.2. The molecule has 0 N–H and O–H groups in total. The van der Waals surface area contributed by atoms with Crippen molar-refractivity contribution >= 4 is 23.5 Å².